The Labute approximate surface area is 196 Å². The van der Waals surface area contributed by atoms with Gasteiger partial charge in [0.1, 0.15) is 0 Å². The number of anilines is 1. The minimum Gasteiger partial charge on any atom is -0.326 e. The summed E-state index contributed by atoms with van der Waals surface area (Å²) in [7, 11) is 0. The van der Waals surface area contributed by atoms with E-state index in [-0.39, 0.29) is 5.91 Å². The van der Waals surface area contributed by atoms with E-state index in [2.05, 4.69) is 27.4 Å². The third-order valence-corrected chi connectivity index (χ3v) is 8.54. The molecule has 6 rings (SSSR count). The van der Waals surface area contributed by atoms with Crippen molar-refractivity contribution in [2.45, 2.75) is 39.0 Å². The van der Waals surface area contributed by atoms with Crippen LogP contribution in [0.15, 0.2) is 48.8 Å². The van der Waals surface area contributed by atoms with Gasteiger partial charge in [-0.2, -0.15) is 0 Å². The van der Waals surface area contributed by atoms with Crippen LogP contribution in [0.3, 0.4) is 0 Å². The summed E-state index contributed by atoms with van der Waals surface area (Å²) in [6.45, 7) is 5.49. The second-order valence-electron chi connectivity index (χ2n) is 11.0. The Morgan fingerprint density at radius 3 is 2.39 bits per heavy atom. The number of hydrogen-bond acceptors (Lipinski definition) is 4. The van der Waals surface area contributed by atoms with Gasteiger partial charge in [0.05, 0.1) is 17.6 Å². The van der Waals surface area contributed by atoms with Crippen molar-refractivity contribution in [1.29, 1.82) is 0 Å². The van der Waals surface area contributed by atoms with Crippen LogP contribution in [-0.2, 0) is 11.2 Å². The molecule has 2 bridgehead atoms. The zero-order valence-electron chi connectivity index (χ0n) is 19.5. The van der Waals surface area contributed by atoms with Crippen LogP contribution < -0.4 is 5.32 Å². The lowest BCUT2D eigenvalue weighted by atomic mass is 9.93. The van der Waals surface area contributed by atoms with Gasteiger partial charge in [-0.25, -0.2) is 0 Å². The van der Waals surface area contributed by atoms with Crippen molar-refractivity contribution in [2.75, 3.05) is 25.0 Å². The molecule has 33 heavy (non-hydrogen) atoms. The van der Waals surface area contributed by atoms with Crippen molar-refractivity contribution in [3.05, 3.63) is 54.5 Å². The summed E-state index contributed by atoms with van der Waals surface area (Å²) in [5, 5.41) is 2.80. The second kappa shape index (κ2) is 8.68. The number of amides is 1. The van der Waals surface area contributed by atoms with Crippen molar-refractivity contribution in [2.24, 2.45) is 35.5 Å². The van der Waals surface area contributed by atoms with Gasteiger partial charge >= 0.3 is 0 Å². The van der Waals surface area contributed by atoms with E-state index in [4.69, 9.17) is 4.98 Å². The number of nitrogens with one attached hydrogen (secondary N) is 1. The fourth-order valence-corrected chi connectivity index (χ4v) is 7.11. The van der Waals surface area contributed by atoms with Gasteiger partial charge in [-0.1, -0.05) is 24.3 Å². The van der Waals surface area contributed by atoms with Gasteiger partial charge in [0.2, 0.25) is 5.91 Å². The molecule has 3 aliphatic carbocycles. The number of aromatic nitrogens is 2. The van der Waals surface area contributed by atoms with E-state index in [1.54, 1.807) is 0 Å². The molecule has 1 saturated heterocycles. The highest BCUT2D eigenvalue weighted by atomic mass is 16.1. The number of hydrogen-bond donors (Lipinski definition) is 1. The molecule has 172 valence electrons. The van der Waals surface area contributed by atoms with E-state index in [1.165, 1.54) is 52.2 Å². The quantitative estimate of drug-likeness (QED) is 0.652. The number of nitrogens with zero attached hydrogens (tertiary/aromatic N) is 3. The van der Waals surface area contributed by atoms with Gasteiger partial charge in [0, 0.05) is 44.0 Å². The van der Waals surface area contributed by atoms with E-state index < -0.39 is 0 Å². The molecule has 1 aliphatic heterocycles. The molecule has 4 unspecified atom stereocenters. The number of likely N-dealkylation sites (tertiary alicyclic amines) is 1. The molecule has 2 heterocycles. The molecular weight excluding hydrogens is 408 g/mol. The normalized spacial score (nSPS) is 32.4. The lowest BCUT2D eigenvalue weighted by Crippen LogP contribution is -2.30. The summed E-state index contributed by atoms with van der Waals surface area (Å²) in [6, 6.07) is 7.76. The maximum absolute atomic E-state index is 11.2. The topological polar surface area (TPSA) is 58.1 Å². The van der Waals surface area contributed by atoms with E-state index in [1.807, 2.05) is 36.7 Å². The Hall–Kier alpha value is -2.53. The zero-order valence-corrected chi connectivity index (χ0v) is 19.5. The SMILES string of the molecule is CC(=O)Nc1ccc(-c2cnc(CC3C[C@@H]4CN(CC5CC6C=CC5C6)C[C@@H]4C3)cn2)cc1. The van der Waals surface area contributed by atoms with Crippen molar-refractivity contribution >= 4 is 11.6 Å². The Balaban J connectivity index is 0.999. The van der Waals surface area contributed by atoms with Gasteiger partial charge in [-0.3, -0.25) is 14.8 Å². The third-order valence-electron chi connectivity index (χ3n) is 8.54. The van der Waals surface area contributed by atoms with Gasteiger partial charge in [-0.15, -0.1) is 0 Å². The average Bonchev–Trinajstić information content (AvgIpc) is 3.56. The Morgan fingerprint density at radius 2 is 1.79 bits per heavy atom. The highest BCUT2D eigenvalue weighted by Crippen LogP contribution is 2.46. The fraction of sp³-hybridized carbons (Fsp3) is 0.536. The highest BCUT2D eigenvalue weighted by Gasteiger charge is 2.43. The summed E-state index contributed by atoms with van der Waals surface area (Å²) in [6.07, 6.45) is 15.4. The van der Waals surface area contributed by atoms with Gasteiger partial charge in [-0.05, 0) is 79.7 Å². The molecule has 1 N–H and O–H groups in total. The van der Waals surface area contributed by atoms with Gasteiger partial charge in [0.25, 0.3) is 0 Å². The maximum Gasteiger partial charge on any atom is 0.221 e. The zero-order chi connectivity index (χ0) is 22.4. The van der Waals surface area contributed by atoms with E-state index >= 15 is 0 Å². The largest absolute Gasteiger partial charge is 0.326 e. The summed E-state index contributed by atoms with van der Waals surface area (Å²) in [4.78, 5) is 23.4. The second-order valence-corrected chi connectivity index (χ2v) is 11.0. The predicted octanol–water partition coefficient (Wildman–Crippen LogP) is 4.81. The molecule has 5 heteroatoms. The molecule has 2 aromatic rings. The van der Waals surface area contributed by atoms with Gasteiger partial charge < -0.3 is 10.2 Å². The standard InChI is InChI=1S/C28H34N4O/c1-18(33)31-26-6-4-21(5-7-26)28-14-29-27(13-30-28)12-20-10-24-16-32(17-25(24)11-20)15-23-9-19-2-3-22(23)8-19/h2-7,13-14,19-20,22-25H,8-12,15-17H2,1H3,(H,31,33)/t19?,20?,22?,23?,24-,25+. The van der Waals surface area contributed by atoms with Crippen molar-refractivity contribution < 1.29 is 4.79 Å². The smallest absolute Gasteiger partial charge is 0.221 e. The Kier molecular flexibility index (Phi) is 5.53. The van der Waals surface area contributed by atoms with Crippen LogP contribution in [0.2, 0.25) is 0 Å². The fourth-order valence-electron chi connectivity index (χ4n) is 7.11. The third kappa shape index (κ3) is 4.48. The van der Waals surface area contributed by atoms with E-state index in [0.29, 0.717) is 0 Å². The number of fused-ring (bicyclic) bond motifs is 3. The number of carbonyl (C=O) groups is 1. The first-order valence-electron chi connectivity index (χ1n) is 12.7. The monoisotopic (exact) mass is 442 g/mol. The molecule has 4 aliphatic rings. The van der Waals surface area contributed by atoms with Crippen LogP contribution in [-0.4, -0.2) is 40.4 Å². The molecule has 6 atom stereocenters. The predicted molar refractivity (Wildman–Crippen MR) is 130 cm³/mol. The minimum absolute atomic E-state index is 0.0614. The van der Waals surface area contributed by atoms with Crippen LogP contribution in [0.4, 0.5) is 5.69 Å². The van der Waals surface area contributed by atoms with Crippen LogP contribution in [0.1, 0.15) is 38.3 Å². The molecule has 2 saturated carbocycles. The summed E-state index contributed by atoms with van der Waals surface area (Å²) in [5.74, 6) is 5.15. The van der Waals surface area contributed by atoms with Crippen molar-refractivity contribution in [1.82, 2.24) is 14.9 Å². The summed E-state index contributed by atoms with van der Waals surface area (Å²) >= 11 is 0. The molecule has 3 fully saturated rings. The van der Waals surface area contributed by atoms with Crippen molar-refractivity contribution in [3.8, 4) is 11.3 Å². The number of benzene rings is 1. The summed E-state index contributed by atoms with van der Waals surface area (Å²) < 4.78 is 0. The molecular formula is C28H34N4O. The molecule has 1 aromatic carbocycles. The lowest BCUT2D eigenvalue weighted by Gasteiger charge is -2.26. The van der Waals surface area contributed by atoms with E-state index in [9.17, 15) is 4.79 Å². The summed E-state index contributed by atoms with van der Waals surface area (Å²) in [5.41, 5.74) is 3.81. The van der Waals surface area contributed by atoms with Crippen LogP contribution in [0, 0.1) is 35.5 Å². The van der Waals surface area contributed by atoms with Crippen LogP contribution >= 0.6 is 0 Å². The Morgan fingerprint density at radius 1 is 1.00 bits per heavy atom. The molecule has 0 spiro atoms. The molecule has 1 amide bonds. The number of carbonyl (C=O) groups excluding carboxylic acids is 1. The lowest BCUT2D eigenvalue weighted by molar-refractivity contribution is -0.114. The molecule has 0 radical (unpaired) electrons. The van der Waals surface area contributed by atoms with Crippen molar-refractivity contribution in [3.63, 3.8) is 0 Å². The minimum atomic E-state index is -0.0614. The molecule has 5 nitrogen and oxygen atoms in total. The van der Waals surface area contributed by atoms with Crippen LogP contribution in [0.25, 0.3) is 11.3 Å². The first kappa shape index (κ1) is 21.0. The highest BCUT2D eigenvalue weighted by molar-refractivity contribution is 5.88. The average molecular weight is 443 g/mol. The van der Waals surface area contributed by atoms with Gasteiger partial charge in [0.15, 0.2) is 0 Å². The maximum atomic E-state index is 11.2. The number of rotatable bonds is 6. The number of allylic oxidation sites excluding steroid dienone is 2. The van der Waals surface area contributed by atoms with E-state index in [0.717, 1.165) is 64.6 Å². The Bertz CT molecular complexity index is 1020. The van der Waals surface area contributed by atoms with Crippen LogP contribution in [0.5, 0.6) is 0 Å². The molecule has 1 aromatic heterocycles. The first-order valence-corrected chi connectivity index (χ1v) is 12.7. The first-order chi connectivity index (χ1) is 16.1.